The predicted molar refractivity (Wildman–Crippen MR) is 63.0 cm³/mol. The van der Waals surface area contributed by atoms with Gasteiger partial charge in [0.25, 0.3) is 0 Å². The topological polar surface area (TPSA) is 60.4 Å². The fraction of sp³-hybridized carbons (Fsp3) is 0.500. The van der Waals surface area contributed by atoms with Crippen LogP contribution in [0.15, 0.2) is 16.8 Å². The van der Waals surface area contributed by atoms with Crippen LogP contribution in [-0.2, 0) is 25.1 Å². The molecule has 0 radical (unpaired) electrons. The lowest BCUT2D eigenvalue weighted by Gasteiger charge is -2.10. The molecule has 0 saturated heterocycles. The first kappa shape index (κ1) is 13.2. The van der Waals surface area contributed by atoms with Crippen molar-refractivity contribution in [2.45, 2.75) is 24.3 Å². The summed E-state index contributed by atoms with van der Waals surface area (Å²) in [6.07, 6.45) is -0.0943. The zero-order valence-corrected chi connectivity index (χ0v) is 10.8. The molecule has 0 aliphatic rings. The highest BCUT2D eigenvalue weighted by Gasteiger charge is 2.24. The lowest BCUT2D eigenvalue weighted by molar-refractivity contribution is -0.140. The van der Waals surface area contributed by atoms with Crippen molar-refractivity contribution < 1.29 is 17.9 Å². The number of thiophene rings is 1. The van der Waals surface area contributed by atoms with Gasteiger partial charge in [-0.15, -0.1) is 0 Å². The number of hydrogen-bond donors (Lipinski definition) is 0. The number of carbonyl (C=O) groups excluding carboxylic acids is 1. The summed E-state index contributed by atoms with van der Waals surface area (Å²) in [5.74, 6) is -0.518. The first-order valence-electron chi connectivity index (χ1n) is 4.75. The van der Waals surface area contributed by atoms with Crippen LogP contribution in [0.1, 0.15) is 18.9 Å². The van der Waals surface area contributed by atoms with Gasteiger partial charge in [0.1, 0.15) is 0 Å². The van der Waals surface area contributed by atoms with Crippen molar-refractivity contribution in [2.75, 3.05) is 7.11 Å². The van der Waals surface area contributed by atoms with Gasteiger partial charge in [-0.25, -0.2) is 8.42 Å². The first-order chi connectivity index (χ1) is 7.45. The summed E-state index contributed by atoms with van der Waals surface area (Å²) in [5, 5.41) is 2.91. The number of rotatable bonds is 5. The third-order valence-corrected chi connectivity index (χ3v) is 5.10. The van der Waals surface area contributed by atoms with E-state index in [-0.39, 0.29) is 12.2 Å². The highest BCUT2D eigenvalue weighted by molar-refractivity contribution is 7.91. The van der Waals surface area contributed by atoms with Gasteiger partial charge in [0, 0.05) is 0 Å². The minimum absolute atomic E-state index is 0.0192. The second-order valence-corrected chi connectivity index (χ2v) is 6.73. The largest absolute Gasteiger partial charge is 0.469 e. The Labute approximate surface area is 99.2 Å². The molecule has 1 aromatic rings. The summed E-state index contributed by atoms with van der Waals surface area (Å²) in [6, 6.07) is 1.77. The van der Waals surface area contributed by atoms with E-state index in [0.29, 0.717) is 0 Å². The Morgan fingerprint density at radius 2 is 2.25 bits per heavy atom. The van der Waals surface area contributed by atoms with Crippen molar-refractivity contribution in [1.29, 1.82) is 0 Å². The van der Waals surface area contributed by atoms with Crippen LogP contribution in [0.4, 0.5) is 0 Å². The molecule has 0 fully saturated rings. The molecule has 1 rings (SSSR count). The summed E-state index contributed by atoms with van der Waals surface area (Å²) in [5.41, 5.74) is 0.765. The molecule has 0 N–H and O–H groups in total. The lowest BCUT2D eigenvalue weighted by Crippen LogP contribution is -2.23. The van der Waals surface area contributed by atoms with Crippen molar-refractivity contribution in [3.05, 3.63) is 22.4 Å². The first-order valence-corrected chi connectivity index (χ1v) is 7.41. The van der Waals surface area contributed by atoms with Gasteiger partial charge in [0.2, 0.25) is 0 Å². The maximum Gasteiger partial charge on any atom is 0.306 e. The Hall–Kier alpha value is -0.880. The minimum Gasteiger partial charge on any atom is -0.469 e. The molecule has 1 heterocycles. The average molecular weight is 262 g/mol. The Balaban J connectivity index is 2.67. The molecule has 4 nitrogen and oxygen atoms in total. The van der Waals surface area contributed by atoms with Crippen molar-refractivity contribution in [2.24, 2.45) is 0 Å². The summed E-state index contributed by atoms with van der Waals surface area (Å²) >= 11 is 1.45. The van der Waals surface area contributed by atoms with E-state index in [0.717, 1.165) is 5.56 Å². The normalized spacial score (nSPS) is 13.4. The molecular formula is C10H14O4S2. The van der Waals surface area contributed by atoms with Gasteiger partial charge in [0.15, 0.2) is 9.84 Å². The standard InChI is InChI=1S/C10H14O4S2/c1-8(5-10(11)14-2)16(12,13)7-9-3-4-15-6-9/h3-4,6,8H,5,7H2,1-2H3. The summed E-state index contributed by atoms with van der Waals surface area (Å²) < 4.78 is 28.1. The average Bonchev–Trinajstić information content (AvgIpc) is 2.69. The molecular weight excluding hydrogens is 248 g/mol. The molecule has 0 bridgehead atoms. The van der Waals surface area contributed by atoms with Crippen LogP contribution in [0, 0.1) is 0 Å². The van der Waals surface area contributed by atoms with E-state index in [9.17, 15) is 13.2 Å². The lowest BCUT2D eigenvalue weighted by atomic mass is 10.3. The Kier molecular flexibility index (Phi) is 4.49. The minimum atomic E-state index is -3.28. The monoisotopic (exact) mass is 262 g/mol. The molecule has 16 heavy (non-hydrogen) atoms. The molecule has 1 atom stereocenters. The Morgan fingerprint density at radius 3 is 2.75 bits per heavy atom. The number of hydrogen-bond acceptors (Lipinski definition) is 5. The van der Waals surface area contributed by atoms with Crippen LogP contribution in [0.3, 0.4) is 0 Å². The van der Waals surface area contributed by atoms with Crippen molar-refractivity contribution in [3.8, 4) is 0 Å². The SMILES string of the molecule is COC(=O)CC(C)S(=O)(=O)Cc1ccsc1. The quantitative estimate of drug-likeness (QED) is 0.756. The zero-order chi connectivity index (χ0) is 12.2. The van der Waals surface area contributed by atoms with E-state index < -0.39 is 21.1 Å². The number of esters is 1. The third-order valence-electron chi connectivity index (χ3n) is 2.24. The molecule has 0 spiro atoms. The van der Waals surface area contributed by atoms with Crippen LogP contribution in [0.5, 0.6) is 0 Å². The van der Waals surface area contributed by atoms with E-state index in [2.05, 4.69) is 4.74 Å². The third kappa shape index (κ3) is 3.61. The maximum absolute atomic E-state index is 11.8. The van der Waals surface area contributed by atoms with E-state index in [1.54, 1.807) is 11.4 Å². The van der Waals surface area contributed by atoms with Crippen LogP contribution in [0.2, 0.25) is 0 Å². The second kappa shape index (κ2) is 5.45. The number of methoxy groups -OCH3 is 1. The van der Waals surface area contributed by atoms with Gasteiger partial charge >= 0.3 is 5.97 Å². The molecule has 0 aliphatic carbocycles. The summed E-state index contributed by atoms with van der Waals surface area (Å²) in [7, 11) is -2.03. The number of carbonyl (C=O) groups is 1. The van der Waals surface area contributed by atoms with Gasteiger partial charge in [-0.05, 0) is 29.3 Å². The van der Waals surface area contributed by atoms with Gasteiger partial charge < -0.3 is 4.74 Å². The van der Waals surface area contributed by atoms with Crippen molar-refractivity contribution in [3.63, 3.8) is 0 Å². The van der Waals surface area contributed by atoms with E-state index in [1.807, 2.05) is 5.38 Å². The number of ether oxygens (including phenoxy) is 1. The fourth-order valence-electron chi connectivity index (χ4n) is 1.19. The molecule has 6 heteroatoms. The van der Waals surface area contributed by atoms with Gasteiger partial charge in [-0.1, -0.05) is 0 Å². The molecule has 1 aromatic heterocycles. The highest BCUT2D eigenvalue weighted by Crippen LogP contribution is 2.16. The van der Waals surface area contributed by atoms with Gasteiger partial charge in [-0.3, -0.25) is 4.79 Å². The molecule has 1 unspecified atom stereocenters. The van der Waals surface area contributed by atoms with Gasteiger partial charge in [-0.2, -0.15) is 11.3 Å². The maximum atomic E-state index is 11.8. The molecule has 0 aromatic carbocycles. The Bertz CT molecular complexity index is 433. The number of sulfone groups is 1. The molecule has 0 saturated carbocycles. The summed E-state index contributed by atoms with van der Waals surface area (Å²) in [4.78, 5) is 11.0. The van der Waals surface area contributed by atoms with Crippen molar-refractivity contribution in [1.82, 2.24) is 0 Å². The second-order valence-electron chi connectivity index (χ2n) is 3.53. The fourth-order valence-corrected chi connectivity index (χ4v) is 3.29. The van der Waals surface area contributed by atoms with Crippen molar-refractivity contribution >= 4 is 27.1 Å². The van der Waals surface area contributed by atoms with Crippen LogP contribution >= 0.6 is 11.3 Å². The summed E-state index contributed by atoms with van der Waals surface area (Å²) in [6.45, 7) is 1.53. The molecule has 0 amide bonds. The van der Waals surface area contributed by atoms with E-state index in [4.69, 9.17) is 0 Å². The predicted octanol–water partition coefficient (Wildman–Crippen LogP) is 1.61. The van der Waals surface area contributed by atoms with Crippen LogP contribution < -0.4 is 0 Å². The van der Waals surface area contributed by atoms with E-state index >= 15 is 0 Å². The van der Waals surface area contributed by atoms with E-state index in [1.165, 1.54) is 25.4 Å². The molecule has 90 valence electrons. The molecule has 0 aliphatic heterocycles. The zero-order valence-electron chi connectivity index (χ0n) is 9.17. The highest BCUT2D eigenvalue weighted by atomic mass is 32.2. The Morgan fingerprint density at radius 1 is 1.56 bits per heavy atom. The van der Waals surface area contributed by atoms with Crippen LogP contribution in [-0.4, -0.2) is 26.7 Å². The van der Waals surface area contributed by atoms with Crippen LogP contribution in [0.25, 0.3) is 0 Å². The van der Waals surface area contributed by atoms with Gasteiger partial charge in [0.05, 0.1) is 24.5 Å². The smallest absolute Gasteiger partial charge is 0.306 e.